The molecule has 0 aliphatic carbocycles. The summed E-state index contributed by atoms with van der Waals surface area (Å²) in [5.74, 6) is 0.255. The third-order valence-electron chi connectivity index (χ3n) is 4.64. The fraction of sp³-hybridized carbons (Fsp3) is 0.588. The predicted molar refractivity (Wildman–Crippen MR) is 89.3 cm³/mol. The van der Waals surface area contributed by atoms with Crippen molar-refractivity contribution in [2.24, 2.45) is 5.73 Å². The van der Waals surface area contributed by atoms with E-state index in [1.165, 1.54) is 12.0 Å². The van der Waals surface area contributed by atoms with Crippen molar-refractivity contribution in [3.8, 4) is 5.75 Å². The third kappa shape index (κ3) is 4.67. The van der Waals surface area contributed by atoms with Crippen molar-refractivity contribution >= 4 is 5.91 Å². The summed E-state index contributed by atoms with van der Waals surface area (Å²) in [5, 5.41) is 3.44. The summed E-state index contributed by atoms with van der Waals surface area (Å²) in [6.07, 6.45) is 1.28. The van der Waals surface area contributed by atoms with E-state index in [2.05, 4.69) is 21.2 Å². The van der Waals surface area contributed by atoms with Gasteiger partial charge in [0.15, 0.2) is 6.61 Å². The molecule has 2 fully saturated rings. The molecule has 1 amide bonds. The fourth-order valence-corrected chi connectivity index (χ4v) is 3.38. The maximum atomic E-state index is 10.8. The second-order valence-electron chi connectivity index (χ2n) is 6.36. The first-order valence-corrected chi connectivity index (χ1v) is 8.38. The maximum Gasteiger partial charge on any atom is 0.255 e. The van der Waals surface area contributed by atoms with Gasteiger partial charge in [0.05, 0.1) is 0 Å². The lowest BCUT2D eigenvalue weighted by Crippen LogP contribution is -2.50. The summed E-state index contributed by atoms with van der Waals surface area (Å²) in [7, 11) is 0. The van der Waals surface area contributed by atoms with E-state index in [1.54, 1.807) is 0 Å². The van der Waals surface area contributed by atoms with E-state index < -0.39 is 5.91 Å². The van der Waals surface area contributed by atoms with Crippen LogP contribution >= 0.6 is 0 Å². The lowest BCUT2D eigenvalue weighted by molar-refractivity contribution is -0.119. The second kappa shape index (κ2) is 7.77. The number of rotatable bonds is 6. The average Bonchev–Trinajstić information content (AvgIpc) is 3.08. The highest BCUT2D eigenvalue weighted by Gasteiger charge is 2.25. The van der Waals surface area contributed by atoms with E-state index in [-0.39, 0.29) is 6.61 Å². The minimum atomic E-state index is -0.451. The zero-order chi connectivity index (χ0) is 16.1. The van der Waals surface area contributed by atoms with Gasteiger partial charge >= 0.3 is 0 Å². The van der Waals surface area contributed by atoms with Gasteiger partial charge in [0.2, 0.25) is 0 Å². The maximum absolute atomic E-state index is 10.8. The minimum absolute atomic E-state index is 0.0719. The number of hydrogen-bond acceptors (Lipinski definition) is 5. The van der Waals surface area contributed by atoms with Gasteiger partial charge in [-0.25, -0.2) is 0 Å². The van der Waals surface area contributed by atoms with Gasteiger partial charge in [0.25, 0.3) is 5.91 Å². The van der Waals surface area contributed by atoms with Gasteiger partial charge in [-0.1, -0.05) is 12.1 Å². The highest BCUT2D eigenvalue weighted by atomic mass is 16.5. The first kappa shape index (κ1) is 16.2. The minimum Gasteiger partial charge on any atom is -0.484 e. The predicted octanol–water partition coefficient (Wildman–Crippen LogP) is 0.0302. The van der Waals surface area contributed by atoms with Crippen molar-refractivity contribution in [3.05, 3.63) is 29.8 Å². The lowest BCUT2D eigenvalue weighted by atomic mass is 10.1. The monoisotopic (exact) mass is 318 g/mol. The highest BCUT2D eigenvalue weighted by molar-refractivity contribution is 5.75. The van der Waals surface area contributed by atoms with Crippen molar-refractivity contribution in [3.63, 3.8) is 0 Å². The van der Waals surface area contributed by atoms with E-state index in [4.69, 9.17) is 10.5 Å². The zero-order valence-corrected chi connectivity index (χ0v) is 13.5. The number of nitrogens with one attached hydrogen (secondary N) is 1. The zero-order valence-electron chi connectivity index (χ0n) is 13.5. The van der Waals surface area contributed by atoms with Crippen molar-refractivity contribution in [2.45, 2.75) is 19.0 Å². The molecule has 3 N–H and O–H groups in total. The summed E-state index contributed by atoms with van der Waals surface area (Å²) in [5.41, 5.74) is 6.32. The highest BCUT2D eigenvalue weighted by Crippen LogP contribution is 2.17. The van der Waals surface area contributed by atoms with Crippen LogP contribution in [0.3, 0.4) is 0 Å². The Morgan fingerprint density at radius 1 is 1.30 bits per heavy atom. The number of ether oxygens (including phenoxy) is 1. The number of primary amides is 1. The number of amides is 1. The number of carbonyl (C=O) groups is 1. The molecular weight excluding hydrogens is 292 g/mol. The summed E-state index contributed by atoms with van der Waals surface area (Å²) < 4.78 is 5.37. The van der Waals surface area contributed by atoms with Gasteiger partial charge < -0.3 is 15.8 Å². The molecule has 0 spiro atoms. The Hall–Kier alpha value is -1.63. The van der Waals surface area contributed by atoms with Crippen LogP contribution < -0.4 is 15.8 Å². The van der Waals surface area contributed by atoms with Gasteiger partial charge in [-0.15, -0.1) is 0 Å². The number of nitrogens with zero attached hydrogens (tertiary/aromatic N) is 2. The molecule has 1 atom stereocenters. The Morgan fingerprint density at radius 2 is 2.13 bits per heavy atom. The molecule has 2 aliphatic rings. The molecule has 2 heterocycles. The number of carbonyl (C=O) groups excluding carboxylic acids is 1. The Morgan fingerprint density at radius 3 is 2.83 bits per heavy atom. The second-order valence-corrected chi connectivity index (χ2v) is 6.36. The molecule has 0 radical (unpaired) electrons. The molecule has 1 aromatic carbocycles. The Kier molecular flexibility index (Phi) is 5.48. The molecular formula is C17H26N4O2. The molecule has 0 unspecified atom stereocenters. The van der Waals surface area contributed by atoms with Gasteiger partial charge in [0, 0.05) is 45.3 Å². The molecule has 0 bridgehead atoms. The van der Waals surface area contributed by atoms with E-state index in [0.29, 0.717) is 5.75 Å². The largest absolute Gasteiger partial charge is 0.484 e. The standard InChI is InChI=1S/C17H26N4O2/c18-17(22)13-23-16-3-1-2-14(10-16)12-20-6-8-21(9-7-20)15-4-5-19-11-15/h1-3,10,15,19H,4-9,11-13H2,(H2,18,22)/t15-/m0/s1. The number of piperazine rings is 1. The molecule has 0 saturated carbocycles. The molecule has 126 valence electrons. The smallest absolute Gasteiger partial charge is 0.255 e. The van der Waals surface area contributed by atoms with Gasteiger partial charge in [-0.2, -0.15) is 0 Å². The fourth-order valence-electron chi connectivity index (χ4n) is 3.38. The Bertz CT molecular complexity index is 523. The normalized spacial score (nSPS) is 23.0. The molecule has 2 aliphatic heterocycles. The van der Waals surface area contributed by atoms with Crippen LogP contribution in [0.15, 0.2) is 24.3 Å². The quantitative estimate of drug-likeness (QED) is 0.774. The molecule has 6 nitrogen and oxygen atoms in total. The average molecular weight is 318 g/mol. The van der Waals surface area contributed by atoms with Crippen LogP contribution in [0.1, 0.15) is 12.0 Å². The molecule has 6 heteroatoms. The third-order valence-corrected chi connectivity index (χ3v) is 4.64. The summed E-state index contributed by atoms with van der Waals surface area (Å²) >= 11 is 0. The van der Waals surface area contributed by atoms with Crippen LogP contribution in [0.4, 0.5) is 0 Å². The lowest BCUT2D eigenvalue weighted by Gasteiger charge is -2.37. The summed E-state index contributed by atoms with van der Waals surface area (Å²) in [4.78, 5) is 15.9. The van der Waals surface area contributed by atoms with E-state index in [1.807, 2.05) is 18.2 Å². The SMILES string of the molecule is NC(=O)COc1cccc(CN2CCN([C@H]3CCNC3)CC2)c1. The van der Waals surface area contributed by atoms with E-state index in [9.17, 15) is 4.79 Å². The van der Waals surface area contributed by atoms with E-state index >= 15 is 0 Å². The molecule has 23 heavy (non-hydrogen) atoms. The van der Waals surface area contributed by atoms with Gasteiger partial charge in [-0.3, -0.25) is 14.6 Å². The topological polar surface area (TPSA) is 70.8 Å². The molecule has 2 saturated heterocycles. The van der Waals surface area contributed by atoms with Crippen molar-refractivity contribution in [1.82, 2.24) is 15.1 Å². The molecule has 3 rings (SSSR count). The van der Waals surface area contributed by atoms with Crippen LogP contribution in [0.2, 0.25) is 0 Å². The summed E-state index contributed by atoms with van der Waals surface area (Å²) in [6, 6.07) is 8.65. The van der Waals surface area contributed by atoms with Gasteiger partial charge in [-0.05, 0) is 30.7 Å². The van der Waals surface area contributed by atoms with Crippen LogP contribution in [-0.2, 0) is 11.3 Å². The molecule has 0 aromatic heterocycles. The van der Waals surface area contributed by atoms with Crippen LogP contribution in [0, 0.1) is 0 Å². The van der Waals surface area contributed by atoms with Crippen LogP contribution in [-0.4, -0.2) is 67.6 Å². The number of nitrogens with two attached hydrogens (primary N) is 1. The van der Waals surface area contributed by atoms with Crippen molar-refractivity contribution < 1.29 is 9.53 Å². The van der Waals surface area contributed by atoms with Gasteiger partial charge in [0.1, 0.15) is 5.75 Å². The van der Waals surface area contributed by atoms with Crippen molar-refractivity contribution in [2.75, 3.05) is 45.9 Å². The van der Waals surface area contributed by atoms with Crippen molar-refractivity contribution in [1.29, 1.82) is 0 Å². The number of benzene rings is 1. The molecule has 1 aromatic rings. The number of hydrogen-bond donors (Lipinski definition) is 2. The first-order valence-electron chi connectivity index (χ1n) is 8.38. The van der Waals surface area contributed by atoms with Crippen LogP contribution in [0.25, 0.3) is 0 Å². The van der Waals surface area contributed by atoms with E-state index in [0.717, 1.165) is 51.9 Å². The Labute approximate surface area is 137 Å². The first-order chi connectivity index (χ1) is 11.2. The Balaban J connectivity index is 1.48. The van der Waals surface area contributed by atoms with Crippen LogP contribution in [0.5, 0.6) is 5.75 Å². The summed E-state index contributed by atoms with van der Waals surface area (Å²) in [6.45, 7) is 7.63.